The molecule has 0 atom stereocenters. The first-order valence-electron chi connectivity index (χ1n) is 9.75. The van der Waals surface area contributed by atoms with Gasteiger partial charge in [-0.1, -0.05) is 42.5 Å². The smallest absolute Gasteiger partial charge is 0.271 e. The first-order valence-corrected chi connectivity index (χ1v) is 9.75. The second-order valence-electron chi connectivity index (χ2n) is 6.63. The van der Waals surface area contributed by atoms with E-state index in [4.69, 9.17) is 19.9 Å². The van der Waals surface area contributed by atoms with Crippen LogP contribution in [0.5, 0.6) is 17.2 Å². The van der Waals surface area contributed by atoms with E-state index < -0.39 is 11.8 Å². The first kappa shape index (κ1) is 22.4. The SMILES string of the molecule is COc1cc(C(=O)N/N=C/c2ccccc2OCC(N)=O)ccc1OCc1ccccc1. The molecule has 0 aliphatic rings. The molecular weight excluding hydrogens is 410 g/mol. The number of nitrogens with two attached hydrogens (primary N) is 1. The molecule has 0 spiro atoms. The third-order valence-electron chi connectivity index (χ3n) is 4.32. The molecule has 0 aliphatic carbocycles. The molecule has 3 aromatic carbocycles. The number of hydrogen-bond acceptors (Lipinski definition) is 6. The summed E-state index contributed by atoms with van der Waals surface area (Å²) < 4.78 is 16.5. The van der Waals surface area contributed by atoms with E-state index in [1.807, 2.05) is 30.3 Å². The van der Waals surface area contributed by atoms with Crippen molar-refractivity contribution in [2.45, 2.75) is 6.61 Å². The topological polar surface area (TPSA) is 112 Å². The van der Waals surface area contributed by atoms with Gasteiger partial charge in [0.15, 0.2) is 18.1 Å². The summed E-state index contributed by atoms with van der Waals surface area (Å²) in [6.45, 7) is 0.125. The van der Waals surface area contributed by atoms with Crippen LogP contribution < -0.4 is 25.4 Å². The summed E-state index contributed by atoms with van der Waals surface area (Å²) in [6, 6.07) is 21.5. The number of carbonyl (C=O) groups is 2. The van der Waals surface area contributed by atoms with Gasteiger partial charge in [-0.3, -0.25) is 9.59 Å². The zero-order chi connectivity index (χ0) is 22.8. The second-order valence-corrected chi connectivity index (χ2v) is 6.63. The number of nitrogens with one attached hydrogen (secondary N) is 1. The molecule has 8 nitrogen and oxygen atoms in total. The Bertz CT molecular complexity index is 1100. The predicted octanol–water partition coefficient (Wildman–Crippen LogP) is 2.90. The lowest BCUT2D eigenvalue weighted by molar-refractivity contribution is -0.119. The highest BCUT2D eigenvalue weighted by molar-refractivity contribution is 5.95. The number of ether oxygens (including phenoxy) is 3. The molecule has 8 heteroatoms. The molecular formula is C24H23N3O5. The molecule has 0 saturated carbocycles. The second kappa shape index (κ2) is 11.2. The van der Waals surface area contributed by atoms with E-state index in [0.717, 1.165) is 5.56 Å². The van der Waals surface area contributed by atoms with Gasteiger partial charge in [0.2, 0.25) is 0 Å². The van der Waals surface area contributed by atoms with E-state index in [1.54, 1.807) is 42.5 Å². The molecule has 0 fully saturated rings. The van der Waals surface area contributed by atoms with Crippen molar-refractivity contribution >= 4 is 18.0 Å². The van der Waals surface area contributed by atoms with Gasteiger partial charge in [0.1, 0.15) is 12.4 Å². The van der Waals surface area contributed by atoms with Crippen molar-refractivity contribution in [3.05, 3.63) is 89.5 Å². The number of rotatable bonds is 10. The van der Waals surface area contributed by atoms with Crippen LogP contribution in [0.4, 0.5) is 0 Å². The number of nitrogens with zero attached hydrogens (tertiary/aromatic N) is 1. The predicted molar refractivity (Wildman–Crippen MR) is 120 cm³/mol. The van der Waals surface area contributed by atoms with E-state index >= 15 is 0 Å². The number of primary amides is 1. The van der Waals surface area contributed by atoms with Gasteiger partial charge in [0.05, 0.1) is 13.3 Å². The molecule has 3 rings (SSSR count). The fourth-order valence-electron chi connectivity index (χ4n) is 2.76. The molecule has 164 valence electrons. The van der Waals surface area contributed by atoms with Gasteiger partial charge in [0.25, 0.3) is 11.8 Å². The summed E-state index contributed by atoms with van der Waals surface area (Å²) in [5.41, 5.74) is 9.51. The molecule has 3 N–H and O–H groups in total. The van der Waals surface area contributed by atoms with Crippen molar-refractivity contribution in [3.63, 3.8) is 0 Å². The zero-order valence-electron chi connectivity index (χ0n) is 17.5. The lowest BCUT2D eigenvalue weighted by atomic mass is 10.2. The molecule has 0 aliphatic heterocycles. The van der Waals surface area contributed by atoms with Gasteiger partial charge in [-0.2, -0.15) is 5.10 Å². The molecule has 3 aromatic rings. The van der Waals surface area contributed by atoms with E-state index in [0.29, 0.717) is 35.0 Å². The Morgan fingerprint density at radius 2 is 1.69 bits per heavy atom. The summed E-state index contributed by atoms with van der Waals surface area (Å²) in [6.07, 6.45) is 1.42. The van der Waals surface area contributed by atoms with Crippen LogP contribution in [-0.4, -0.2) is 31.7 Å². The monoisotopic (exact) mass is 433 g/mol. The number of hydrogen-bond donors (Lipinski definition) is 2. The molecule has 0 bridgehead atoms. The Morgan fingerprint density at radius 3 is 2.44 bits per heavy atom. The van der Waals surface area contributed by atoms with Gasteiger partial charge in [-0.25, -0.2) is 5.43 Å². The largest absolute Gasteiger partial charge is 0.493 e. The Labute approximate surface area is 185 Å². The number of para-hydroxylation sites is 1. The molecule has 0 unspecified atom stereocenters. The molecule has 0 radical (unpaired) electrons. The van der Waals surface area contributed by atoms with Crippen LogP contribution in [0.25, 0.3) is 0 Å². The van der Waals surface area contributed by atoms with E-state index in [-0.39, 0.29) is 6.61 Å². The van der Waals surface area contributed by atoms with E-state index in [2.05, 4.69) is 10.5 Å². The van der Waals surface area contributed by atoms with Crippen LogP contribution in [-0.2, 0) is 11.4 Å². The van der Waals surface area contributed by atoms with Crippen molar-refractivity contribution in [2.75, 3.05) is 13.7 Å². The van der Waals surface area contributed by atoms with Crippen molar-refractivity contribution in [2.24, 2.45) is 10.8 Å². The third kappa shape index (κ3) is 6.33. The maximum absolute atomic E-state index is 12.5. The number of methoxy groups -OCH3 is 1. The van der Waals surface area contributed by atoms with Gasteiger partial charge < -0.3 is 19.9 Å². The van der Waals surface area contributed by atoms with E-state index in [1.165, 1.54) is 13.3 Å². The summed E-state index contributed by atoms with van der Waals surface area (Å²) in [5, 5.41) is 3.97. The Morgan fingerprint density at radius 1 is 0.938 bits per heavy atom. The average Bonchev–Trinajstić information content (AvgIpc) is 2.82. The number of hydrazone groups is 1. The van der Waals surface area contributed by atoms with Crippen LogP contribution in [0.1, 0.15) is 21.5 Å². The first-order chi connectivity index (χ1) is 15.6. The minimum Gasteiger partial charge on any atom is -0.493 e. The standard InChI is InChI=1S/C24H23N3O5/c1-30-22-13-18(11-12-21(22)31-15-17-7-3-2-4-8-17)24(29)27-26-14-19-9-5-6-10-20(19)32-16-23(25)28/h2-14H,15-16H2,1H3,(H2,25,28)(H,27,29)/b26-14+. The third-order valence-corrected chi connectivity index (χ3v) is 4.32. The van der Waals surface area contributed by atoms with Crippen molar-refractivity contribution < 1.29 is 23.8 Å². The van der Waals surface area contributed by atoms with Gasteiger partial charge in [-0.05, 0) is 35.9 Å². The van der Waals surface area contributed by atoms with Crippen LogP contribution in [0.3, 0.4) is 0 Å². The molecule has 2 amide bonds. The highest BCUT2D eigenvalue weighted by atomic mass is 16.5. The fraction of sp³-hybridized carbons (Fsp3) is 0.125. The van der Waals surface area contributed by atoms with Crippen molar-refractivity contribution in [1.82, 2.24) is 5.43 Å². The highest BCUT2D eigenvalue weighted by Gasteiger charge is 2.11. The van der Waals surface area contributed by atoms with Crippen LogP contribution in [0.2, 0.25) is 0 Å². The summed E-state index contributed by atoms with van der Waals surface area (Å²) in [4.78, 5) is 23.4. The number of benzene rings is 3. The van der Waals surface area contributed by atoms with Crippen molar-refractivity contribution in [3.8, 4) is 17.2 Å². The number of carbonyl (C=O) groups excluding carboxylic acids is 2. The quantitative estimate of drug-likeness (QED) is 0.377. The normalized spacial score (nSPS) is 10.5. The Balaban J connectivity index is 1.63. The van der Waals surface area contributed by atoms with Gasteiger partial charge >= 0.3 is 0 Å². The summed E-state index contributed by atoms with van der Waals surface area (Å²) in [5.74, 6) is 0.366. The summed E-state index contributed by atoms with van der Waals surface area (Å²) in [7, 11) is 1.51. The molecule has 32 heavy (non-hydrogen) atoms. The van der Waals surface area contributed by atoms with Crippen LogP contribution in [0, 0.1) is 0 Å². The lowest BCUT2D eigenvalue weighted by Gasteiger charge is -2.12. The molecule has 0 heterocycles. The van der Waals surface area contributed by atoms with Crippen LogP contribution in [0.15, 0.2) is 77.9 Å². The molecule has 0 aromatic heterocycles. The Hall–Kier alpha value is -4.33. The van der Waals surface area contributed by atoms with Crippen molar-refractivity contribution in [1.29, 1.82) is 0 Å². The average molecular weight is 433 g/mol. The minimum atomic E-state index is -0.588. The summed E-state index contributed by atoms with van der Waals surface area (Å²) >= 11 is 0. The highest BCUT2D eigenvalue weighted by Crippen LogP contribution is 2.29. The Kier molecular flexibility index (Phi) is 7.80. The van der Waals surface area contributed by atoms with Gasteiger partial charge in [0, 0.05) is 11.1 Å². The van der Waals surface area contributed by atoms with Gasteiger partial charge in [-0.15, -0.1) is 0 Å². The van der Waals surface area contributed by atoms with E-state index in [9.17, 15) is 9.59 Å². The lowest BCUT2D eigenvalue weighted by Crippen LogP contribution is -2.20. The zero-order valence-corrected chi connectivity index (χ0v) is 17.5. The maximum atomic E-state index is 12.5. The maximum Gasteiger partial charge on any atom is 0.271 e. The fourth-order valence-corrected chi connectivity index (χ4v) is 2.76. The minimum absolute atomic E-state index is 0.254. The number of amides is 2. The molecule has 0 saturated heterocycles. The van der Waals surface area contributed by atoms with Crippen LogP contribution >= 0.6 is 0 Å².